The van der Waals surface area contributed by atoms with Crippen molar-refractivity contribution in [2.75, 3.05) is 38.6 Å². The van der Waals surface area contributed by atoms with Crippen LogP contribution in [0.5, 0.6) is 0 Å². The van der Waals surface area contributed by atoms with Gasteiger partial charge >= 0.3 is 0 Å². The molecule has 2 unspecified atom stereocenters. The second-order valence-electron chi connectivity index (χ2n) is 5.32. The summed E-state index contributed by atoms with van der Waals surface area (Å²) in [6.07, 6.45) is 0. The average Bonchev–Trinajstić information content (AvgIpc) is 2.32. The summed E-state index contributed by atoms with van der Waals surface area (Å²) < 4.78 is 1.18. The minimum absolute atomic E-state index is 0.530. The highest BCUT2D eigenvalue weighted by atomic mass is 79.9. The Bertz CT molecular complexity index is 394. The van der Waals surface area contributed by atoms with Crippen molar-refractivity contribution in [3.63, 3.8) is 0 Å². The second-order valence-corrected chi connectivity index (χ2v) is 6.17. The summed E-state index contributed by atoms with van der Waals surface area (Å²) in [6, 6.07) is 9.54. The molecule has 1 N–H and O–H groups in total. The van der Waals surface area contributed by atoms with Crippen LogP contribution < -0.4 is 10.2 Å². The van der Waals surface area contributed by atoms with E-state index in [2.05, 4.69) is 76.3 Å². The van der Waals surface area contributed by atoms with E-state index in [-0.39, 0.29) is 0 Å². The van der Waals surface area contributed by atoms with E-state index in [9.17, 15) is 0 Å². The van der Waals surface area contributed by atoms with Crippen molar-refractivity contribution in [3.05, 3.63) is 28.7 Å². The van der Waals surface area contributed by atoms with Crippen LogP contribution in [0.4, 0.5) is 5.69 Å². The number of hydrogen-bond acceptors (Lipinski definition) is 3. The molecule has 100 valence electrons. The van der Waals surface area contributed by atoms with Gasteiger partial charge in [-0.3, -0.25) is 0 Å². The van der Waals surface area contributed by atoms with E-state index in [0.29, 0.717) is 12.1 Å². The third-order valence-electron chi connectivity index (χ3n) is 3.40. The van der Waals surface area contributed by atoms with Crippen LogP contribution in [0, 0.1) is 0 Å². The number of benzene rings is 1. The Morgan fingerprint density at radius 2 is 2.11 bits per heavy atom. The number of halogens is 1. The molecule has 0 radical (unpaired) electrons. The Morgan fingerprint density at radius 1 is 1.39 bits per heavy atom. The first-order valence-electron chi connectivity index (χ1n) is 6.47. The van der Waals surface area contributed by atoms with Gasteiger partial charge in [-0.2, -0.15) is 0 Å². The fourth-order valence-electron chi connectivity index (χ4n) is 2.51. The van der Waals surface area contributed by atoms with Crippen LogP contribution in [-0.2, 0) is 0 Å². The standard InChI is InChI=1S/C14H22BrN3/c1-11-8-16-12(9-17(2)3)10-18(11)14-7-5-4-6-13(14)15/h4-7,11-12,16H,8-10H2,1-3H3. The zero-order valence-electron chi connectivity index (χ0n) is 11.4. The first-order chi connectivity index (χ1) is 8.58. The molecule has 0 saturated carbocycles. The highest BCUT2D eigenvalue weighted by molar-refractivity contribution is 9.10. The molecule has 0 aliphatic carbocycles. The Balaban J connectivity index is 2.13. The zero-order chi connectivity index (χ0) is 13.1. The second kappa shape index (κ2) is 6.04. The first kappa shape index (κ1) is 13.8. The fourth-order valence-corrected chi connectivity index (χ4v) is 3.03. The van der Waals surface area contributed by atoms with Gasteiger partial charge < -0.3 is 15.1 Å². The Hall–Kier alpha value is -0.580. The van der Waals surface area contributed by atoms with Crippen molar-refractivity contribution in [3.8, 4) is 0 Å². The van der Waals surface area contributed by atoms with E-state index in [4.69, 9.17) is 0 Å². The minimum atomic E-state index is 0.530. The van der Waals surface area contributed by atoms with Gasteiger partial charge in [0.1, 0.15) is 0 Å². The first-order valence-corrected chi connectivity index (χ1v) is 7.26. The van der Waals surface area contributed by atoms with E-state index < -0.39 is 0 Å². The highest BCUT2D eigenvalue weighted by Crippen LogP contribution is 2.28. The summed E-state index contributed by atoms with van der Waals surface area (Å²) in [5, 5.41) is 3.62. The van der Waals surface area contributed by atoms with Gasteiger partial charge in [0, 0.05) is 36.2 Å². The number of hydrogen-bond donors (Lipinski definition) is 1. The third kappa shape index (κ3) is 3.25. The summed E-state index contributed by atoms with van der Waals surface area (Å²) in [6.45, 7) is 5.45. The van der Waals surface area contributed by atoms with Crippen LogP contribution in [-0.4, -0.2) is 50.7 Å². The predicted molar refractivity (Wildman–Crippen MR) is 81.3 cm³/mol. The van der Waals surface area contributed by atoms with Crippen molar-refractivity contribution in [2.45, 2.75) is 19.0 Å². The highest BCUT2D eigenvalue weighted by Gasteiger charge is 2.26. The number of nitrogens with one attached hydrogen (secondary N) is 1. The molecular formula is C14H22BrN3. The Labute approximate surface area is 118 Å². The Kier molecular flexibility index (Phi) is 4.65. The lowest BCUT2D eigenvalue weighted by Crippen LogP contribution is -2.58. The number of likely N-dealkylation sites (N-methyl/N-ethyl adjacent to an activating group) is 1. The van der Waals surface area contributed by atoms with E-state index in [0.717, 1.165) is 19.6 Å². The topological polar surface area (TPSA) is 18.5 Å². The van der Waals surface area contributed by atoms with Crippen LogP contribution >= 0.6 is 15.9 Å². The maximum Gasteiger partial charge on any atom is 0.0514 e. The van der Waals surface area contributed by atoms with Crippen molar-refractivity contribution in [1.82, 2.24) is 10.2 Å². The van der Waals surface area contributed by atoms with E-state index >= 15 is 0 Å². The molecule has 4 heteroatoms. The number of para-hydroxylation sites is 1. The molecule has 0 aromatic heterocycles. The normalized spacial score (nSPS) is 24.6. The van der Waals surface area contributed by atoms with Gasteiger partial charge in [0.2, 0.25) is 0 Å². The van der Waals surface area contributed by atoms with Crippen LogP contribution in [0.1, 0.15) is 6.92 Å². The molecule has 1 heterocycles. The van der Waals surface area contributed by atoms with E-state index in [1.54, 1.807) is 0 Å². The molecule has 3 nitrogen and oxygen atoms in total. The quantitative estimate of drug-likeness (QED) is 0.923. The van der Waals surface area contributed by atoms with Crippen LogP contribution in [0.3, 0.4) is 0 Å². The zero-order valence-corrected chi connectivity index (χ0v) is 12.9. The fraction of sp³-hybridized carbons (Fsp3) is 0.571. The van der Waals surface area contributed by atoms with Crippen LogP contribution in [0.2, 0.25) is 0 Å². The van der Waals surface area contributed by atoms with Gasteiger partial charge in [-0.25, -0.2) is 0 Å². The molecule has 1 aromatic rings. The van der Waals surface area contributed by atoms with Crippen molar-refractivity contribution in [2.24, 2.45) is 0 Å². The summed E-state index contributed by atoms with van der Waals surface area (Å²) in [4.78, 5) is 4.74. The lowest BCUT2D eigenvalue weighted by Gasteiger charge is -2.41. The van der Waals surface area contributed by atoms with Gasteiger partial charge in [0.15, 0.2) is 0 Å². The molecule has 1 aromatic carbocycles. The van der Waals surface area contributed by atoms with Crippen LogP contribution in [0.25, 0.3) is 0 Å². The van der Waals surface area contributed by atoms with Crippen molar-refractivity contribution >= 4 is 21.6 Å². The molecule has 18 heavy (non-hydrogen) atoms. The van der Waals surface area contributed by atoms with Gasteiger partial charge in [0.25, 0.3) is 0 Å². The van der Waals surface area contributed by atoms with Crippen molar-refractivity contribution < 1.29 is 0 Å². The largest absolute Gasteiger partial charge is 0.365 e. The van der Waals surface area contributed by atoms with E-state index in [1.165, 1.54) is 10.2 Å². The molecule has 1 aliphatic rings. The van der Waals surface area contributed by atoms with Gasteiger partial charge in [-0.05, 0) is 49.1 Å². The smallest absolute Gasteiger partial charge is 0.0514 e. The molecule has 1 aliphatic heterocycles. The molecule has 1 fully saturated rings. The molecule has 0 amide bonds. The molecule has 0 bridgehead atoms. The number of nitrogens with zero attached hydrogens (tertiary/aromatic N) is 2. The van der Waals surface area contributed by atoms with Gasteiger partial charge in [-0.15, -0.1) is 0 Å². The summed E-state index contributed by atoms with van der Waals surface area (Å²) >= 11 is 3.66. The monoisotopic (exact) mass is 311 g/mol. The lowest BCUT2D eigenvalue weighted by molar-refractivity contribution is 0.306. The molecular weight excluding hydrogens is 290 g/mol. The van der Waals surface area contributed by atoms with Crippen LogP contribution in [0.15, 0.2) is 28.7 Å². The van der Waals surface area contributed by atoms with E-state index in [1.807, 2.05) is 0 Å². The third-order valence-corrected chi connectivity index (χ3v) is 4.07. The molecule has 2 atom stereocenters. The summed E-state index contributed by atoms with van der Waals surface area (Å²) in [7, 11) is 4.25. The predicted octanol–water partition coefficient (Wildman–Crippen LogP) is 2.18. The molecule has 2 rings (SSSR count). The molecule has 0 spiro atoms. The molecule has 1 saturated heterocycles. The maximum absolute atomic E-state index is 3.66. The van der Waals surface area contributed by atoms with Gasteiger partial charge in [0.05, 0.1) is 5.69 Å². The average molecular weight is 312 g/mol. The lowest BCUT2D eigenvalue weighted by atomic mass is 10.1. The minimum Gasteiger partial charge on any atom is -0.365 e. The van der Waals surface area contributed by atoms with Gasteiger partial charge in [-0.1, -0.05) is 12.1 Å². The number of anilines is 1. The van der Waals surface area contributed by atoms with Crippen molar-refractivity contribution in [1.29, 1.82) is 0 Å². The summed E-state index contributed by atoms with van der Waals surface area (Å²) in [5.41, 5.74) is 1.30. The summed E-state index contributed by atoms with van der Waals surface area (Å²) in [5.74, 6) is 0. The Morgan fingerprint density at radius 3 is 2.78 bits per heavy atom. The number of piperazine rings is 1. The maximum atomic E-state index is 3.66. The SMILES string of the molecule is CC1CNC(CN(C)C)CN1c1ccccc1Br. The number of rotatable bonds is 3.